The summed E-state index contributed by atoms with van der Waals surface area (Å²) in [5.41, 5.74) is 2.77. The SMILES string of the molecule is CCCCC(CCC)NC(C)c1ccc2c(c1)CCO2. The van der Waals surface area contributed by atoms with Crippen LogP contribution < -0.4 is 10.1 Å². The second kappa shape index (κ2) is 7.68. The number of unbranched alkanes of at least 4 members (excludes halogenated alkanes) is 1. The van der Waals surface area contributed by atoms with E-state index in [-0.39, 0.29) is 0 Å². The lowest BCUT2D eigenvalue weighted by molar-refractivity contribution is 0.356. The first-order chi connectivity index (χ1) is 9.74. The van der Waals surface area contributed by atoms with E-state index in [2.05, 4.69) is 44.3 Å². The molecule has 0 aliphatic carbocycles. The maximum absolute atomic E-state index is 5.59. The van der Waals surface area contributed by atoms with Gasteiger partial charge in [-0.1, -0.05) is 45.2 Å². The molecule has 0 fully saturated rings. The zero-order valence-electron chi connectivity index (χ0n) is 13.2. The zero-order valence-corrected chi connectivity index (χ0v) is 13.2. The van der Waals surface area contributed by atoms with Crippen LogP contribution in [-0.2, 0) is 6.42 Å². The zero-order chi connectivity index (χ0) is 14.4. The van der Waals surface area contributed by atoms with Gasteiger partial charge >= 0.3 is 0 Å². The average Bonchev–Trinajstić information content (AvgIpc) is 2.92. The predicted molar refractivity (Wildman–Crippen MR) is 85.4 cm³/mol. The van der Waals surface area contributed by atoms with Crippen LogP contribution >= 0.6 is 0 Å². The van der Waals surface area contributed by atoms with E-state index in [9.17, 15) is 0 Å². The quantitative estimate of drug-likeness (QED) is 0.747. The molecule has 0 amide bonds. The monoisotopic (exact) mass is 275 g/mol. The van der Waals surface area contributed by atoms with Crippen LogP contribution in [0.3, 0.4) is 0 Å². The lowest BCUT2D eigenvalue weighted by Gasteiger charge is -2.23. The molecule has 2 rings (SSSR count). The van der Waals surface area contributed by atoms with Crippen LogP contribution in [0.2, 0.25) is 0 Å². The molecule has 0 saturated heterocycles. The fourth-order valence-electron chi connectivity index (χ4n) is 3.04. The molecule has 0 aromatic heterocycles. The first kappa shape index (κ1) is 15.4. The van der Waals surface area contributed by atoms with Gasteiger partial charge in [0.15, 0.2) is 0 Å². The third-order valence-corrected chi connectivity index (χ3v) is 4.24. The van der Waals surface area contributed by atoms with Crippen molar-refractivity contribution in [3.63, 3.8) is 0 Å². The van der Waals surface area contributed by atoms with Crippen molar-refractivity contribution in [1.82, 2.24) is 5.32 Å². The van der Waals surface area contributed by atoms with Crippen molar-refractivity contribution >= 4 is 0 Å². The van der Waals surface area contributed by atoms with Crippen molar-refractivity contribution in [2.75, 3.05) is 6.61 Å². The van der Waals surface area contributed by atoms with Gasteiger partial charge < -0.3 is 10.1 Å². The Labute approximate surface area is 123 Å². The standard InChI is InChI=1S/C18H29NO/c1-4-6-8-17(7-5-2)19-14(3)15-9-10-18-16(13-15)11-12-20-18/h9-10,13-14,17,19H,4-8,11-12H2,1-3H3. The van der Waals surface area contributed by atoms with Gasteiger partial charge in [0, 0.05) is 18.5 Å². The van der Waals surface area contributed by atoms with Crippen molar-refractivity contribution in [3.8, 4) is 5.75 Å². The number of hydrogen-bond donors (Lipinski definition) is 1. The molecule has 0 bridgehead atoms. The molecule has 0 saturated carbocycles. The fraction of sp³-hybridized carbons (Fsp3) is 0.667. The number of benzene rings is 1. The molecule has 1 aromatic rings. The lowest BCUT2D eigenvalue weighted by Crippen LogP contribution is -2.31. The Bertz CT molecular complexity index is 416. The van der Waals surface area contributed by atoms with Crippen LogP contribution in [0.15, 0.2) is 18.2 Å². The maximum atomic E-state index is 5.59. The molecule has 0 radical (unpaired) electrons. The molecule has 2 atom stereocenters. The van der Waals surface area contributed by atoms with Crippen molar-refractivity contribution in [2.24, 2.45) is 0 Å². The first-order valence-corrected chi connectivity index (χ1v) is 8.26. The average molecular weight is 275 g/mol. The second-order valence-corrected chi connectivity index (χ2v) is 5.98. The first-order valence-electron chi connectivity index (χ1n) is 8.26. The van der Waals surface area contributed by atoms with Crippen LogP contribution in [0.5, 0.6) is 5.75 Å². The van der Waals surface area contributed by atoms with Crippen LogP contribution in [-0.4, -0.2) is 12.6 Å². The van der Waals surface area contributed by atoms with Crippen LogP contribution in [0.4, 0.5) is 0 Å². The summed E-state index contributed by atoms with van der Waals surface area (Å²) in [6.07, 6.45) is 7.49. The van der Waals surface area contributed by atoms with E-state index in [4.69, 9.17) is 4.74 Å². The Morgan fingerprint density at radius 1 is 1.20 bits per heavy atom. The normalized spacial score (nSPS) is 16.6. The van der Waals surface area contributed by atoms with Crippen LogP contribution in [0.25, 0.3) is 0 Å². The fourth-order valence-corrected chi connectivity index (χ4v) is 3.04. The molecule has 1 N–H and O–H groups in total. The second-order valence-electron chi connectivity index (χ2n) is 5.98. The van der Waals surface area contributed by atoms with Crippen molar-refractivity contribution < 1.29 is 4.74 Å². The Morgan fingerprint density at radius 2 is 2.05 bits per heavy atom. The van der Waals surface area contributed by atoms with Gasteiger partial charge in [-0.3, -0.25) is 0 Å². The van der Waals surface area contributed by atoms with E-state index >= 15 is 0 Å². The van der Waals surface area contributed by atoms with Crippen LogP contribution in [0, 0.1) is 0 Å². The molecule has 2 nitrogen and oxygen atoms in total. The molecule has 0 spiro atoms. The summed E-state index contributed by atoms with van der Waals surface area (Å²) in [5.74, 6) is 1.08. The highest BCUT2D eigenvalue weighted by atomic mass is 16.5. The predicted octanol–water partition coefficient (Wildman–Crippen LogP) is 4.63. The van der Waals surface area contributed by atoms with Crippen molar-refractivity contribution in [2.45, 2.75) is 71.4 Å². The van der Waals surface area contributed by atoms with Crippen molar-refractivity contribution in [3.05, 3.63) is 29.3 Å². The molecule has 1 aliphatic heterocycles. The van der Waals surface area contributed by atoms with Gasteiger partial charge in [-0.15, -0.1) is 0 Å². The minimum Gasteiger partial charge on any atom is -0.493 e. The summed E-state index contributed by atoms with van der Waals surface area (Å²) in [6, 6.07) is 7.75. The Hall–Kier alpha value is -1.02. The van der Waals surface area contributed by atoms with E-state index < -0.39 is 0 Å². The minimum absolute atomic E-state index is 0.425. The summed E-state index contributed by atoms with van der Waals surface area (Å²) in [5, 5.41) is 3.82. The molecule has 2 heteroatoms. The van der Waals surface area contributed by atoms with E-state index in [1.54, 1.807) is 0 Å². The van der Waals surface area contributed by atoms with Gasteiger partial charge in [-0.25, -0.2) is 0 Å². The van der Waals surface area contributed by atoms with Crippen LogP contribution in [0.1, 0.15) is 70.0 Å². The highest BCUT2D eigenvalue weighted by Gasteiger charge is 2.16. The number of ether oxygens (including phenoxy) is 1. The van der Waals surface area contributed by atoms with E-state index in [0.29, 0.717) is 12.1 Å². The van der Waals surface area contributed by atoms with Gasteiger partial charge in [0.1, 0.15) is 5.75 Å². The third kappa shape index (κ3) is 3.99. The highest BCUT2D eigenvalue weighted by molar-refractivity contribution is 5.40. The van der Waals surface area contributed by atoms with Crippen molar-refractivity contribution in [1.29, 1.82) is 0 Å². The minimum atomic E-state index is 0.425. The van der Waals surface area contributed by atoms with Gasteiger partial charge in [0.05, 0.1) is 6.61 Å². The Balaban J connectivity index is 1.96. The molecule has 1 aromatic carbocycles. The maximum Gasteiger partial charge on any atom is 0.122 e. The Morgan fingerprint density at radius 3 is 2.80 bits per heavy atom. The number of rotatable bonds is 8. The number of fused-ring (bicyclic) bond motifs is 1. The molecule has 112 valence electrons. The largest absolute Gasteiger partial charge is 0.493 e. The summed E-state index contributed by atoms with van der Waals surface area (Å²) in [7, 11) is 0. The summed E-state index contributed by atoms with van der Waals surface area (Å²) < 4.78 is 5.59. The van der Waals surface area contributed by atoms with E-state index in [0.717, 1.165) is 18.8 Å². The molecule has 20 heavy (non-hydrogen) atoms. The van der Waals surface area contributed by atoms with Gasteiger partial charge in [0.25, 0.3) is 0 Å². The topological polar surface area (TPSA) is 21.3 Å². The number of nitrogens with one attached hydrogen (secondary N) is 1. The number of hydrogen-bond acceptors (Lipinski definition) is 2. The lowest BCUT2D eigenvalue weighted by atomic mass is 10.00. The van der Waals surface area contributed by atoms with E-state index in [1.165, 1.54) is 43.2 Å². The van der Waals surface area contributed by atoms with Gasteiger partial charge in [0.2, 0.25) is 0 Å². The smallest absolute Gasteiger partial charge is 0.122 e. The Kier molecular flexibility index (Phi) is 5.90. The highest BCUT2D eigenvalue weighted by Crippen LogP contribution is 2.28. The van der Waals surface area contributed by atoms with Gasteiger partial charge in [-0.2, -0.15) is 0 Å². The third-order valence-electron chi connectivity index (χ3n) is 4.24. The van der Waals surface area contributed by atoms with E-state index in [1.807, 2.05) is 0 Å². The summed E-state index contributed by atoms with van der Waals surface area (Å²) >= 11 is 0. The molecule has 1 heterocycles. The molecular formula is C18H29NO. The van der Waals surface area contributed by atoms with Gasteiger partial charge in [-0.05, 0) is 37.0 Å². The molecular weight excluding hydrogens is 246 g/mol. The molecule has 1 aliphatic rings. The summed E-state index contributed by atoms with van der Waals surface area (Å²) in [4.78, 5) is 0. The summed E-state index contributed by atoms with van der Waals surface area (Å²) in [6.45, 7) is 7.67. The molecule has 2 unspecified atom stereocenters.